The molecule has 104 valence electrons. The Hall–Kier alpha value is -2.20. The molecule has 1 heterocycles. The topological polar surface area (TPSA) is 62.2 Å². The fraction of sp³-hybridized carbons (Fsp3) is 0.250. The van der Waals surface area contributed by atoms with E-state index in [1.807, 2.05) is 31.2 Å². The van der Waals surface area contributed by atoms with Gasteiger partial charge in [-0.2, -0.15) is 0 Å². The van der Waals surface area contributed by atoms with Crippen LogP contribution < -0.4 is 5.32 Å². The van der Waals surface area contributed by atoms with Crippen LogP contribution in [-0.2, 0) is 11.2 Å². The van der Waals surface area contributed by atoms with Crippen molar-refractivity contribution in [3.05, 3.63) is 59.4 Å². The number of rotatable bonds is 4. The summed E-state index contributed by atoms with van der Waals surface area (Å²) in [6, 6.07) is 11.0. The maximum atomic E-state index is 12.1. The molecule has 0 bridgehead atoms. The normalized spacial score (nSPS) is 11.9. The number of benzene rings is 1. The number of aliphatic hydroxyl groups is 1. The number of nitrogens with one attached hydrogen (secondary N) is 1. The van der Waals surface area contributed by atoms with Crippen LogP contribution in [0, 0.1) is 6.92 Å². The summed E-state index contributed by atoms with van der Waals surface area (Å²) in [6.45, 7) is 3.60. The summed E-state index contributed by atoms with van der Waals surface area (Å²) in [6.07, 6.45) is 1.28. The Kier molecular flexibility index (Phi) is 4.48. The van der Waals surface area contributed by atoms with E-state index in [9.17, 15) is 9.90 Å². The second-order valence-corrected chi connectivity index (χ2v) is 4.76. The molecule has 4 heteroatoms. The van der Waals surface area contributed by atoms with E-state index in [1.54, 1.807) is 25.3 Å². The van der Waals surface area contributed by atoms with Gasteiger partial charge >= 0.3 is 0 Å². The minimum absolute atomic E-state index is 0.139. The molecule has 0 radical (unpaired) electrons. The highest BCUT2D eigenvalue weighted by Gasteiger charge is 2.11. The molecule has 2 rings (SSSR count). The number of hydrogen-bond acceptors (Lipinski definition) is 3. The van der Waals surface area contributed by atoms with Crippen LogP contribution in [0.2, 0.25) is 0 Å². The van der Waals surface area contributed by atoms with E-state index in [2.05, 4.69) is 10.3 Å². The van der Waals surface area contributed by atoms with Crippen LogP contribution in [0.4, 0.5) is 5.69 Å². The van der Waals surface area contributed by atoms with Gasteiger partial charge in [-0.3, -0.25) is 9.78 Å². The van der Waals surface area contributed by atoms with Gasteiger partial charge in [-0.1, -0.05) is 24.3 Å². The van der Waals surface area contributed by atoms with Crippen molar-refractivity contribution < 1.29 is 9.90 Å². The molecule has 0 aliphatic carbocycles. The van der Waals surface area contributed by atoms with E-state index in [-0.39, 0.29) is 12.3 Å². The molecule has 1 atom stereocenters. The third-order valence-corrected chi connectivity index (χ3v) is 3.13. The van der Waals surface area contributed by atoms with Crippen LogP contribution in [0.1, 0.15) is 29.8 Å². The second kappa shape index (κ2) is 6.30. The van der Waals surface area contributed by atoms with Crippen LogP contribution in [0.25, 0.3) is 0 Å². The molecule has 2 aromatic rings. The first-order valence-electron chi connectivity index (χ1n) is 6.55. The van der Waals surface area contributed by atoms with Crippen LogP contribution in [-0.4, -0.2) is 16.0 Å². The lowest BCUT2D eigenvalue weighted by atomic mass is 10.1. The van der Waals surface area contributed by atoms with Gasteiger partial charge in [0, 0.05) is 17.4 Å². The molecule has 4 nitrogen and oxygen atoms in total. The van der Waals surface area contributed by atoms with Gasteiger partial charge in [-0.05, 0) is 31.5 Å². The van der Waals surface area contributed by atoms with E-state index in [0.717, 1.165) is 11.3 Å². The van der Waals surface area contributed by atoms with Crippen molar-refractivity contribution in [3.8, 4) is 0 Å². The maximum absolute atomic E-state index is 12.1. The van der Waals surface area contributed by atoms with Crippen molar-refractivity contribution in [3.63, 3.8) is 0 Å². The van der Waals surface area contributed by atoms with Crippen molar-refractivity contribution >= 4 is 11.6 Å². The smallest absolute Gasteiger partial charge is 0.230 e. The molecule has 2 N–H and O–H groups in total. The first-order chi connectivity index (χ1) is 9.58. The minimum Gasteiger partial charge on any atom is -0.389 e. The van der Waals surface area contributed by atoms with Gasteiger partial charge < -0.3 is 10.4 Å². The summed E-state index contributed by atoms with van der Waals surface area (Å²) in [5, 5.41) is 12.5. The summed E-state index contributed by atoms with van der Waals surface area (Å²) in [5.41, 5.74) is 3.10. The first-order valence-corrected chi connectivity index (χ1v) is 6.55. The third kappa shape index (κ3) is 3.42. The van der Waals surface area contributed by atoms with Gasteiger partial charge in [0.15, 0.2) is 0 Å². The molecule has 0 fully saturated rings. The molecule has 0 spiro atoms. The summed E-state index contributed by atoms with van der Waals surface area (Å²) >= 11 is 0. The van der Waals surface area contributed by atoms with Crippen molar-refractivity contribution in [2.45, 2.75) is 26.4 Å². The van der Waals surface area contributed by atoms with Crippen molar-refractivity contribution in [2.75, 3.05) is 5.32 Å². The van der Waals surface area contributed by atoms with Crippen molar-refractivity contribution in [2.24, 2.45) is 0 Å². The number of hydrogen-bond donors (Lipinski definition) is 2. The number of nitrogens with zero attached hydrogens (tertiary/aromatic N) is 1. The molecular weight excluding hydrogens is 252 g/mol. The fourth-order valence-electron chi connectivity index (χ4n) is 2.03. The monoisotopic (exact) mass is 270 g/mol. The number of aromatic nitrogens is 1. The lowest BCUT2D eigenvalue weighted by Gasteiger charge is -2.13. The SMILES string of the molecule is Cc1cccnc1CC(=O)Nc1ccccc1C(C)O. The van der Waals surface area contributed by atoms with Crippen LogP contribution in [0.5, 0.6) is 0 Å². The van der Waals surface area contributed by atoms with Crippen LogP contribution in [0.3, 0.4) is 0 Å². The zero-order chi connectivity index (χ0) is 14.5. The zero-order valence-corrected chi connectivity index (χ0v) is 11.6. The molecule has 0 saturated carbocycles. The number of aryl methyl sites for hydroxylation is 1. The molecule has 1 unspecified atom stereocenters. The summed E-state index contributed by atoms with van der Waals surface area (Å²) in [5.74, 6) is -0.139. The van der Waals surface area contributed by atoms with Crippen LogP contribution >= 0.6 is 0 Å². The van der Waals surface area contributed by atoms with Crippen LogP contribution in [0.15, 0.2) is 42.6 Å². The number of aliphatic hydroxyl groups excluding tert-OH is 1. The summed E-state index contributed by atoms with van der Waals surface area (Å²) < 4.78 is 0. The van der Waals surface area contributed by atoms with Gasteiger partial charge in [-0.25, -0.2) is 0 Å². The molecule has 0 saturated heterocycles. The number of anilines is 1. The van der Waals surface area contributed by atoms with Gasteiger partial charge in [0.1, 0.15) is 0 Å². The Balaban J connectivity index is 2.11. The third-order valence-electron chi connectivity index (χ3n) is 3.13. The highest BCUT2D eigenvalue weighted by Crippen LogP contribution is 2.22. The predicted octanol–water partition coefficient (Wildman–Crippen LogP) is 2.62. The number of carbonyl (C=O) groups excluding carboxylic acids is 1. The molecule has 1 aromatic heterocycles. The summed E-state index contributed by atoms with van der Waals surface area (Å²) in [7, 11) is 0. The zero-order valence-electron chi connectivity index (χ0n) is 11.6. The molecule has 0 aliphatic rings. The second-order valence-electron chi connectivity index (χ2n) is 4.76. The average molecular weight is 270 g/mol. The van der Waals surface area contributed by atoms with Gasteiger partial charge in [0.25, 0.3) is 0 Å². The maximum Gasteiger partial charge on any atom is 0.230 e. The van der Waals surface area contributed by atoms with Crippen molar-refractivity contribution in [1.29, 1.82) is 0 Å². The first kappa shape index (κ1) is 14.2. The molecular formula is C16H18N2O2. The van der Waals surface area contributed by atoms with Gasteiger partial charge in [-0.15, -0.1) is 0 Å². The summed E-state index contributed by atoms with van der Waals surface area (Å²) in [4.78, 5) is 16.3. The number of para-hydroxylation sites is 1. The quantitative estimate of drug-likeness (QED) is 0.897. The number of amides is 1. The lowest BCUT2D eigenvalue weighted by molar-refractivity contribution is -0.115. The number of carbonyl (C=O) groups is 1. The van der Waals surface area contributed by atoms with Gasteiger partial charge in [0.2, 0.25) is 5.91 Å². The Morgan fingerprint density at radius 1 is 1.30 bits per heavy atom. The van der Waals surface area contributed by atoms with Crippen molar-refractivity contribution in [1.82, 2.24) is 4.98 Å². The fourth-order valence-corrected chi connectivity index (χ4v) is 2.03. The van der Waals surface area contributed by atoms with E-state index in [4.69, 9.17) is 0 Å². The molecule has 1 amide bonds. The molecule has 1 aromatic carbocycles. The Bertz CT molecular complexity index is 609. The largest absolute Gasteiger partial charge is 0.389 e. The number of pyridine rings is 1. The van der Waals surface area contributed by atoms with Gasteiger partial charge in [0.05, 0.1) is 18.2 Å². The Labute approximate surface area is 118 Å². The highest BCUT2D eigenvalue weighted by molar-refractivity contribution is 5.93. The molecule has 20 heavy (non-hydrogen) atoms. The van der Waals surface area contributed by atoms with E-state index < -0.39 is 6.10 Å². The Morgan fingerprint density at radius 3 is 2.75 bits per heavy atom. The van der Waals surface area contributed by atoms with E-state index >= 15 is 0 Å². The van der Waals surface area contributed by atoms with E-state index in [1.165, 1.54) is 0 Å². The molecule has 0 aliphatic heterocycles. The standard InChI is InChI=1S/C16H18N2O2/c1-11-6-5-9-17-15(11)10-16(20)18-14-8-4-3-7-13(14)12(2)19/h3-9,12,19H,10H2,1-2H3,(H,18,20). The minimum atomic E-state index is -0.622. The predicted molar refractivity (Wildman–Crippen MR) is 78.4 cm³/mol. The van der Waals surface area contributed by atoms with E-state index in [0.29, 0.717) is 11.3 Å². The highest BCUT2D eigenvalue weighted by atomic mass is 16.3. The lowest BCUT2D eigenvalue weighted by Crippen LogP contribution is -2.17. The average Bonchev–Trinajstić information content (AvgIpc) is 2.41. The Morgan fingerprint density at radius 2 is 2.05 bits per heavy atom.